The van der Waals surface area contributed by atoms with Gasteiger partial charge in [0.1, 0.15) is 0 Å². The van der Waals surface area contributed by atoms with E-state index in [4.69, 9.17) is 10.9 Å². The summed E-state index contributed by atoms with van der Waals surface area (Å²) in [6, 6.07) is 1.87. The van der Waals surface area contributed by atoms with Gasteiger partial charge in [0.15, 0.2) is 5.82 Å². The molecule has 2 heterocycles. The van der Waals surface area contributed by atoms with E-state index in [0.717, 1.165) is 24.9 Å². The Morgan fingerprint density at radius 2 is 2.28 bits per heavy atom. The van der Waals surface area contributed by atoms with Crippen LogP contribution < -0.4 is 5.84 Å². The van der Waals surface area contributed by atoms with E-state index >= 15 is 0 Å². The van der Waals surface area contributed by atoms with Crippen molar-refractivity contribution in [1.82, 2.24) is 14.9 Å². The first kappa shape index (κ1) is 13.8. The molecule has 0 atom stereocenters. The van der Waals surface area contributed by atoms with E-state index < -0.39 is 5.97 Å². The van der Waals surface area contributed by atoms with Gasteiger partial charge in [0.05, 0.1) is 13.3 Å². The molecule has 0 saturated heterocycles. The smallest absolute Gasteiger partial charge is 0.313 e. The van der Waals surface area contributed by atoms with Crippen LogP contribution in [0, 0.1) is 0 Å². The molecule has 10 heteroatoms. The molecular formula is C8H6Br2N4O2S2. The number of rotatable bonds is 4. The number of thioether (sulfide) groups is 1. The fraction of sp³-hybridized carbons (Fsp3) is 0.125. The van der Waals surface area contributed by atoms with Crippen LogP contribution in [-0.4, -0.2) is 31.7 Å². The van der Waals surface area contributed by atoms with E-state index in [9.17, 15) is 4.79 Å². The lowest BCUT2D eigenvalue weighted by molar-refractivity contribution is -0.133. The predicted octanol–water partition coefficient (Wildman–Crippen LogP) is 2.42. The quantitative estimate of drug-likeness (QED) is 0.590. The first-order chi connectivity index (χ1) is 8.49. The molecule has 18 heavy (non-hydrogen) atoms. The number of hydrogen-bond donors (Lipinski definition) is 2. The molecule has 0 spiro atoms. The Hall–Kier alpha value is -0.580. The van der Waals surface area contributed by atoms with E-state index in [0.29, 0.717) is 11.0 Å². The second-order valence-electron chi connectivity index (χ2n) is 3.10. The molecule has 0 fully saturated rings. The van der Waals surface area contributed by atoms with Gasteiger partial charge in [-0.15, -0.1) is 21.5 Å². The number of carboxylic acids is 1. The van der Waals surface area contributed by atoms with E-state index in [1.807, 2.05) is 6.07 Å². The van der Waals surface area contributed by atoms with Crippen LogP contribution in [0.3, 0.4) is 0 Å². The summed E-state index contributed by atoms with van der Waals surface area (Å²) in [5.74, 6) is 5.30. The Morgan fingerprint density at radius 1 is 1.56 bits per heavy atom. The first-order valence-corrected chi connectivity index (χ1v) is 7.88. The lowest BCUT2D eigenvalue weighted by atomic mass is 10.3. The maximum absolute atomic E-state index is 10.5. The standard InChI is InChI=1S/C8H6Br2N4O2S2/c9-4-1-3(6(10)18-4)7-12-13-8(14(7)11)17-2-5(15)16/h1H,2,11H2,(H,15,16). The molecule has 0 aliphatic carbocycles. The Kier molecular flexibility index (Phi) is 4.30. The zero-order valence-corrected chi connectivity index (χ0v) is 13.4. The van der Waals surface area contributed by atoms with Crippen LogP contribution in [0.1, 0.15) is 0 Å². The highest BCUT2D eigenvalue weighted by Crippen LogP contribution is 2.37. The predicted molar refractivity (Wildman–Crippen MR) is 77.2 cm³/mol. The third-order valence-electron chi connectivity index (χ3n) is 1.89. The number of nitrogens with zero attached hydrogens (tertiary/aromatic N) is 3. The lowest BCUT2D eigenvalue weighted by Gasteiger charge is -2.01. The highest BCUT2D eigenvalue weighted by atomic mass is 79.9. The summed E-state index contributed by atoms with van der Waals surface area (Å²) < 4.78 is 3.10. The molecule has 0 aliphatic heterocycles. The van der Waals surface area contributed by atoms with Crippen LogP contribution >= 0.6 is 55.0 Å². The highest BCUT2D eigenvalue weighted by Gasteiger charge is 2.17. The molecule has 0 amide bonds. The molecule has 2 rings (SSSR count). The van der Waals surface area contributed by atoms with Crippen LogP contribution in [0.15, 0.2) is 18.8 Å². The number of carbonyl (C=O) groups is 1. The van der Waals surface area contributed by atoms with E-state index in [-0.39, 0.29) is 5.75 Å². The molecule has 0 bridgehead atoms. The molecule has 96 valence electrons. The molecule has 0 unspecified atom stereocenters. The van der Waals surface area contributed by atoms with Crippen LogP contribution in [-0.2, 0) is 4.79 Å². The number of nitrogens with two attached hydrogens (primary N) is 1. The molecule has 2 aromatic rings. The minimum absolute atomic E-state index is 0.107. The van der Waals surface area contributed by atoms with Crippen LogP contribution in [0.5, 0.6) is 0 Å². The lowest BCUT2D eigenvalue weighted by Crippen LogP contribution is -2.12. The summed E-state index contributed by atoms with van der Waals surface area (Å²) in [5.41, 5.74) is 0.809. The molecule has 0 radical (unpaired) electrons. The number of nitrogen functional groups attached to an aromatic ring is 1. The minimum atomic E-state index is -0.927. The maximum Gasteiger partial charge on any atom is 0.313 e. The summed E-state index contributed by atoms with van der Waals surface area (Å²) in [6.07, 6.45) is 0. The van der Waals surface area contributed by atoms with Crippen molar-refractivity contribution in [1.29, 1.82) is 0 Å². The number of hydrogen-bond acceptors (Lipinski definition) is 6. The van der Waals surface area contributed by atoms with Gasteiger partial charge in [0, 0.05) is 5.56 Å². The SMILES string of the molecule is Nn1c(SCC(=O)O)nnc1-c1cc(Br)sc1Br. The maximum atomic E-state index is 10.5. The van der Waals surface area contributed by atoms with Crippen molar-refractivity contribution in [2.45, 2.75) is 5.16 Å². The summed E-state index contributed by atoms with van der Waals surface area (Å²) in [6.45, 7) is 0. The van der Waals surface area contributed by atoms with Crippen molar-refractivity contribution in [3.05, 3.63) is 13.6 Å². The molecular weight excluding hydrogens is 408 g/mol. The van der Waals surface area contributed by atoms with Crippen LogP contribution in [0.25, 0.3) is 11.4 Å². The monoisotopic (exact) mass is 412 g/mol. The van der Waals surface area contributed by atoms with Crippen molar-refractivity contribution in [3.8, 4) is 11.4 Å². The van der Waals surface area contributed by atoms with Gasteiger partial charge in [0.25, 0.3) is 0 Å². The average molecular weight is 414 g/mol. The number of thiophene rings is 1. The van der Waals surface area contributed by atoms with Crippen LogP contribution in [0.2, 0.25) is 0 Å². The third kappa shape index (κ3) is 2.87. The fourth-order valence-electron chi connectivity index (χ4n) is 1.18. The minimum Gasteiger partial charge on any atom is -0.481 e. The number of aliphatic carboxylic acids is 1. The van der Waals surface area contributed by atoms with Gasteiger partial charge < -0.3 is 10.9 Å². The molecule has 3 N–H and O–H groups in total. The summed E-state index contributed by atoms with van der Waals surface area (Å²) >= 11 is 9.30. The van der Waals surface area contributed by atoms with E-state index in [1.54, 1.807) is 0 Å². The molecule has 0 aromatic carbocycles. The van der Waals surface area contributed by atoms with Crippen LogP contribution in [0.4, 0.5) is 0 Å². The summed E-state index contributed by atoms with van der Waals surface area (Å²) in [4.78, 5) is 10.5. The Labute approximate surface area is 127 Å². The topological polar surface area (TPSA) is 94.0 Å². The van der Waals surface area contributed by atoms with E-state index in [1.165, 1.54) is 16.0 Å². The normalized spacial score (nSPS) is 10.8. The zero-order valence-electron chi connectivity index (χ0n) is 8.63. The molecule has 0 aliphatic rings. The van der Waals surface area contributed by atoms with Gasteiger partial charge in [-0.1, -0.05) is 11.8 Å². The summed E-state index contributed by atoms with van der Waals surface area (Å²) in [7, 11) is 0. The van der Waals surface area contributed by atoms with Gasteiger partial charge in [-0.2, -0.15) is 0 Å². The second kappa shape index (κ2) is 5.59. The Morgan fingerprint density at radius 3 is 2.83 bits per heavy atom. The Bertz CT molecular complexity index is 598. The second-order valence-corrected chi connectivity index (χ2v) is 7.79. The van der Waals surface area contributed by atoms with Gasteiger partial charge in [-0.05, 0) is 37.9 Å². The van der Waals surface area contributed by atoms with Crippen molar-refractivity contribution in [2.75, 3.05) is 11.6 Å². The number of aromatic nitrogens is 3. The number of halogens is 2. The first-order valence-electron chi connectivity index (χ1n) is 4.49. The van der Waals surface area contributed by atoms with Crippen molar-refractivity contribution in [2.24, 2.45) is 0 Å². The largest absolute Gasteiger partial charge is 0.481 e. The third-order valence-corrected chi connectivity index (χ3v) is 5.15. The number of carboxylic acid groups (broad SMARTS) is 1. The van der Waals surface area contributed by atoms with Crippen molar-refractivity contribution < 1.29 is 9.90 Å². The summed E-state index contributed by atoms with van der Waals surface area (Å²) in [5, 5.41) is 16.8. The average Bonchev–Trinajstić information content (AvgIpc) is 2.79. The Balaban J connectivity index is 2.30. The molecule has 6 nitrogen and oxygen atoms in total. The van der Waals surface area contributed by atoms with E-state index in [2.05, 4.69) is 42.1 Å². The van der Waals surface area contributed by atoms with Gasteiger partial charge in [-0.3, -0.25) is 4.79 Å². The molecule has 0 saturated carbocycles. The van der Waals surface area contributed by atoms with Crippen molar-refractivity contribution >= 4 is 60.9 Å². The van der Waals surface area contributed by atoms with Crippen molar-refractivity contribution in [3.63, 3.8) is 0 Å². The molecule has 2 aromatic heterocycles. The van der Waals surface area contributed by atoms with Gasteiger partial charge in [0.2, 0.25) is 5.16 Å². The fourth-order valence-corrected chi connectivity index (χ4v) is 4.54. The highest BCUT2D eigenvalue weighted by molar-refractivity contribution is 9.12. The zero-order chi connectivity index (χ0) is 13.3. The van der Waals surface area contributed by atoms with Gasteiger partial charge in [-0.25, -0.2) is 4.68 Å². The van der Waals surface area contributed by atoms with Gasteiger partial charge >= 0.3 is 5.97 Å².